The summed E-state index contributed by atoms with van der Waals surface area (Å²) in [5.41, 5.74) is 1.81. The molecule has 0 unspecified atom stereocenters. The largest absolute Gasteiger partial charge is 0.298 e. The molecule has 0 aliphatic rings. The van der Waals surface area contributed by atoms with Crippen molar-refractivity contribution >= 4 is 54.2 Å². The first-order valence-electron chi connectivity index (χ1n) is 9.49. The number of benzene rings is 2. The van der Waals surface area contributed by atoms with Crippen LogP contribution >= 0.6 is 22.9 Å². The Hall–Kier alpha value is -3.02. The molecule has 0 saturated heterocycles. The van der Waals surface area contributed by atoms with Crippen LogP contribution in [0.4, 0.5) is 5.13 Å². The van der Waals surface area contributed by atoms with Crippen LogP contribution in [0.25, 0.3) is 10.2 Å². The number of hydrogen-bond acceptors (Lipinski definition) is 7. The smallest absolute Gasteiger partial charge is 0.257 e. The molecule has 11 heteroatoms. The fourth-order valence-corrected chi connectivity index (χ4v) is 5.47. The standard InChI is InChI=1S/C21H18ClN5O3S2/c1-14-17(22)8-9-18-19(14)25-21(31-18)26-20(28)15-4-6-16(7-5-15)32(29,30)27(12-2-10-23)13-3-11-24/h4-9H,2-3,12-13H2,1H3,(H,25,26,28). The number of nitrogens with one attached hydrogen (secondary N) is 1. The van der Waals surface area contributed by atoms with Gasteiger partial charge in [-0.05, 0) is 48.9 Å². The second kappa shape index (κ2) is 10.1. The lowest BCUT2D eigenvalue weighted by Crippen LogP contribution is -2.32. The molecule has 3 aromatic rings. The minimum absolute atomic E-state index is 0.0101. The van der Waals surface area contributed by atoms with Gasteiger partial charge in [0.1, 0.15) is 0 Å². The number of carbonyl (C=O) groups excluding carboxylic acids is 1. The van der Waals surface area contributed by atoms with E-state index in [0.717, 1.165) is 14.6 Å². The van der Waals surface area contributed by atoms with Gasteiger partial charge in [0, 0.05) is 36.5 Å². The quantitative estimate of drug-likeness (QED) is 0.503. The van der Waals surface area contributed by atoms with Gasteiger partial charge in [-0.1, -0.05) is 22.9 Å². The average Bonchev–Trinajstić information content (AvgIpc) is 3.19. The van der Waals surface area contributed by atoms with E-state index in [1.54, 1.807) is 6.07 Å². The van der Waals surface area contributed by atoms with Crippen LogP contribution in [0.3, 0.4) is 0 Å². The number of halogens is 1. The van der Waals surface area contributed by atoms with Gasteiger partial charge in [-0.15, -0.1) is 0 Å². The Labute approximate surface area is 194 Å². The van der Waals surface area contributed by atoms with Crippen molar-refractivity contribution in [3.63, 3.8) is 0 Å². The molecule has 8 nitrogen and oxygen atoms in total. The first kappa shape index (κ1) is 23.6. The SMILES string of the molecule is Cc1c(Cl)ccc2sc(NC(=O)c3ccc(S(=O)(=O)N(CCC#N)CCC#N)cc3)nc12. The fraction of sp³-hybridized carbons (Fsp3) is 0.238. The van der Waals surface area contributed by atoms with E-state index in [-0.39, 0.29) is 36.4 Å². The third-order valence-electron chi connectivity index (χ3n) is 4.67. The molecule has 0 radical (unpaired) electrons. The molecule has 1 heterocycles. The van der Waals surface area contributed by atoms with Gasteiger partial charge in [0.05, 0.1) is 27.3 Å². The first-order chi connectivity index (χ1) is 15.3. The average molecular weight is 488 g/mol. The molecule has 164 valence electrons. The number of sulfonamides is 1. The summed E-state index contributed by atoms with van der Waals surface area (Å²) in [7, 11) is -3.90. The number of rotatable bonds is 8. The molecule has 0 saturated carbocycles. The molecule has 2 aromatic carbocycles. The van der Waals surface area contributed by atoms with Crippen LogP contribution in [0.2, 0.25) is 5.02 Å². The second-order valence-electron chi connectivity index (χ2n) is 6.74. The van der Waals surface area contributed by atoms with Crippen molar-refractivity contribution in [1.82, 2.24) is 9.29 Å². The molecule has 0 aliphatic carbocycles. The number of anilines is 1. The molecule has 0 aliphatic heterocycles. The van der Waals surface area contributed by atoms with Crippen LogP contribution in [-0.4, -0.2) is 36.7 Å². The molecular weight excluding hydrogens is 470 g/mol. The number of carbonyl (C=O) groups is 1. The fourth-order valence-electron chi connectivity index (χ4n) is 2.95. The molecule has 1 amide bonds. The van der Waals surface area contributed by atoms with Crippen LogP contribution in [0.15, 0.2) is 41.3 Å². The minimum Gasteiger partial charge on any atom is -0.298 e. The highest BCUT2D eigenvalue weighted by atomic mass is 35.5. The number of aryl methyl sites for hydroxylation is 1. The summed E-state index contributed by atoms with van der Waals surface area (Å²) in [6.45, 7) is 1.83. The van der Waals surface area contributed by atoms with Gasteiger partial charge in [0.15, 0.2) is 5.13 Å². The molecule has 3 rings (SSSR count). The number of nitrogens with zero attached hydrogens (tertiary/aromatic N) is 4. The lowest BCUT2D eigenvalue weighted by molar-refractivity contribution is 0.102. The summed E-state index contributed by atoms with van der Waals surface area (Å²) < 4.78 is 27.7. The Morgan fingerprint density at radius 2 is 1.75 bits per heavy atom. The highest BCUT2D eigenvalue weighted by molar-refractivity contribution is 7.89. The summed E-state index contributed by atoms with van der Waals surface area (Å²) in [5, 5.41) is 21.3. The van der Waals surface area contributed by atoms with Crippen molar-refractivity contribution in [2.75, 3.05) is 18.4 Å². The second-order valence-corrected chi connectivity index (χ2v) is 10.1. The first-order valence-corrected chi connectivity index (χ1v) is 12.1. The number of thiazole rings is 1. The van der Waals surface area contributed by atoms with Gasteiger partial charge < -0.3 is 0 Å². The summed E-state index contributed by atoms with van der Waals surface area (Å²) in [6, 6.07) is 12.9. The van der Waals surface area contributed by atoms with Crippen LogP contribution in [0, 0.1) is 29.6 Å². The zero-order chi connectivity index (χ0) is 23.3. The maximum Gasteiger partial charge on any atom is 0.257 e. The van der Waals surface area contributed by atoms with Gasteiger partial charge in [-0.25, -0.2) is 13.4 Å². The van der Waals surface area contributed by atoms with Crippen molar-refractivity contribution in [1.29, 1.82) is 10.5 Å². The van der Waals surface area contributed by atoms with Crippen molar-refractivity contribution in [2.45, 2.75) is 24.7 Å². The number of nitriles is 2. The third-order valence-corrected chi connectivity index (χ3v) is 7.93. The minimum atomic E-state index is -3.90. The lowest BCUT2D eigenvalue weighted by atomic mass is 10.2. The van der Waals surface area contributed by atoms with Crippen LogP contribution < -0.4 is 5.32 Å². The maximum absolute atomic E-state index is 12.9. The van der Waals surface area contributed by atoms with E-state index >= 15 is 0 Å². The van der Waals surface area contributed by atoms with Crippen LogP contribution in [-0.2, 0) is 10.0 Å². The number of hydrogen-bond donors (Lipinski definition) is 1. The highest BCUT2D eigenvalue weighted by Crippen LogP contribution is 2.31. The Morgan fingerprint density at radius 1 is 1.12 bits per heavy atom. The third kappa shape index (κ3) is 5.06. The Bertz CT molecular complexity index is 1320. The van der Waals surface area contributed by atoms with Gasteiger partial charge in [-0.2, -0.15) is 14.8 Å². The Morgan fingerprint density at radius 3 is 2.34 bits per heavy atom. The molecule has 0 fully saturated rings. The van der Waals surface area contributed by atoms with E-state index in [1.165, 1.54) is 35.6 Å². The van der Waals surface area contributed by atoms with Gasteiger partial charge in [0.25, 0.3) is 5.91 Å². The molecule has 0 bridgehead atoms. The lowest BCUT2D eigenvalue weighted by Gasteiger charge is -2.20. The van der Waals surface area contributed by atoms with E-state index in [9.17, 15) is 13.2 Å². The molecule has 1 aromatic heterocycles. The van der Waals surface area contributed by atoms with E-state index in [0.29, 0.717) is 15.7 Å². The van der Waals surface area contributed by atoms with E-state index < -0.39 is 15.9 Å². The van der Waals surface area contributed by atoms with Crippen molar-refractivity contribution in [3.8, 4) is 12.1 Å². The Balaban J connectivity index is 1.78. The predicted octanol–water partition coefficient (Wildman–Crippen LogP) is 4.33. The maximum atomic E-state index is 12.9. The number of aromatic nitrogens is 1. The number of fused-ring (bicyclic) bond motifs is 1. The summed E-state index contributed by atoms with van der Waals surface area (Å²) in [4.78, 5) is 17.0. The number of amides is 1. The zero-order valence-corrected chi connectivity index (χ0v) is 19.4. The van der Waals surface area contributed by atoms with Crippen molar-refractivity contribution in [2.24, 2.45) is 0 Å². The molecule has 32 heavy (non-hydrogen) atoms. The molecule has 0 spiro atoms. The van der Waals surface area contributed by atoms with Gasteiger partial charge >= 0.3 is 0 Å². The van der Waals surface area contributed by atoms with Gasteiger partial charge in [0.2, 0.25) is 10.0 Å². The summed E-state index contributed by atoms with van der Waals surface area (Å²) in [6.07, 6.45) is 0.0238. The topological polar surface area (TPSA) is 127 Å². The van der Waals surface area contributed by atoms with E-state index in [2.05, 4.69) is 10.3 Å². The summed E-state index contributed by atoms with van der Waals surface area (Å²) >= 11 is 7.43. The van der Waals surface area contributed by atoms with E-state index in [1.807, 2.05) is 25.1 Å². The summed E-state index contributed by atoms with van der Waals surface area (Å²) in [5.74, 6) is -0.428. The molecular formula is C21H18ClN5O3S2. The van der Waals surface area contributed by atoms with Crippen molar-refractivity contribution in [3.05, 3.63) is 52.5 Å². The highest BCUT2D eigenvalue weighted by Gasteiger charge is 2.24. The van der Waals surface area contributed by atoms with E-state index in [4.69, 9.17) is 22.1 Å². The van der Waals surface area contributed by atoms with Crippen LogP contribution in [0.5, 0.6) is 0 Å². The Kier molecular flexibility index (Phi) is 7.44. The van der Waals surface area contributed by atoms with Crippen molar-refractivity contribution < 1.29 is 13.2 Å². The zero-order valence-electron chi connectivity index (χ0n) is 17.0. The molecule has 0 atom stereocenters. The normalized spacial score (nSPS) is 11.3. The monoisotopic (exact) mass is 487 g/mol. The van der Waals surface area contributed by atoms with Crippen LogP contribution in [0.1, 0.15) is 28.8 Å². The molecule has 1 N–H and O–H groups in total. The van der Waals surface area contributed by atoms with Gasteiger partial charge in [-0.3, -0.25) is 10.1 Å². The predicted molar refractivity (Wildman–Crippen MR) is 123 cm³/mol.